The van der Waals surface area contributed by atoms with Crippen molar-refractivity contribution in [2.24, 2.45) is 5.41 Å². The maximum absolute atomic E-state index is 11.3. The van der Waals surface area contributed by atoms with Crippen molar-refractivity contribution in [1.29, 1.82) is 5.26 Å². The zero-order chi connectivity index (χ0) is 13.2. The molecule has 1 aliphatic heterocycles. The molecular weight excluding hydrogens is 232 g/mol. The number of piperidine rings is 1. The molecule has 1 saturated heterocycles. The Morgan fingerprint density at radius 1 is 1.67 bits per heavy atom. The summed E-state index contributed by atoms with van der Waals surface area (Å²) in [5, 5.41) is 18.0. The molecule has 0 spiro atoms. The molecule has 0 saturated carbocycles. The highest BCUT2D eigenvalue weighted by atomic mass is 16.4. The molecule has 0 bridgehead atoms. The van der Waals surface area contributed by atoms with E-state index in [0.29, 0.717) is 24.6 Å². The molecule has 0 aromatic carbocycles. The third kappa shape index (κ3) is 2.25. The first-order valence-corrected chi connectivity index (χ1v) is 5.77. The summed E-state index contributed by atoms with van der Waals surface area (Å²) in [5.74, 6) is -0.370. The second-order valence-corrected chi connectivity index (χ2v) is 4.74. The van der Waals surface area contributed by atoms with Gasteiger partial charge in [0.05, 0.1) is 5.41 Å². The molecule has 94 valence electrons. The molecule has 18 heavy (non-hydrogen) atoms. The van der Waals surface area contributed by atoms with E-state index in [1.165, 1.54) is 12.3 Å². The van der Waals surface area contributed by atoms with Gasteiger partial charge >= 0.3 is 5.97 Å². The molecule has 2 rings (SSSR count). The number of carboxylic acids is 1. The van der Waals surface area contributed by atoms with E-state index >= 15 is 0 Å². The van der Waals surface area contributed by atoms with Gasteiger partial charge in [-0.3, -0.25) is 4.79 Å². The molecule has 0 radical (unpaired) electrons. The third-order valence-corrected chi connectivity index (χ3v) is 3.25. The Morgan fingerprint density at radius 3 is 3.11 bits per heavy atom. The zero-order valence-corrected chi connectivity index (χ0v) is 10.1. The maximum Gasteiger partial charge on any atom is 0.311 e. The van der Waals surface area contributed by atoms with Crippen LogP contribution in [0.1, 0.15) is 25.5 Å². The lowest BCUT2D eigenvalue weighted by Crippen LogP contribution is -2.46. The summed E-state index contributed by atoms with van der Waals surface area (Å²) < 4.78 is 0. The van der Waals surface area contributed by atoms with Crippen molar-refractivity contribution in [2.75, 3.05) is 18.0 Å². The maximum atomic E-state index is 11.3. The van der Waals surface area contributed by atoms with Crippen LogP contribution in [-0.2, 0) is 4.79 Å². The molecule has 0 aliphatic carbocycles. The summed E-state index contributed by atoms with van der Waals surface area (Å²) in [6.07, 6.45) is 2.95. The highest BCUT2D eigenvalue weighted by molar-refractivity contribution is 5.75. The minimum Gasteiger partial charge on any atom is -0.481 e. The number of anilines is 1. The quantitative estimate of drug-likeness (QED) is 0.838. The van der Waals surface area contributed by atoms with Crippen molar-refractivity contribution < 1.29 is 9.90 Å². The van der Waals surface area contributed by atoms with Gasteiger partial charge in [-0.05, 0) is 25.8 Å². The van der Waals surface area contributed by atoms with E-state index in [9.17, 15) is 9.90 Å². The van der Waals surface area contributed by atoms with Crippen molar-refractivity contribution in [1.82, 2.24) is 9.97 Å². The molecule has 1 aliphatic rings. The first-order chi connectivity index (χ1) is 8.55. The Hall–Kier alpha value is -2.16. The van der Waals surface area contributed by atoms with E-state index < -0.39 is 11.4 Å². The van der Waals surface area contributed by atoms with Crippen LogP contribution in [0.2, 0.25) is 0 Å². The van der Waals surface area contributed by atoms with Crippen LogP contribution >= 0.6 is 0 Å². The van der Waals surface area contributed by atoms with E-state index in [0.717, 1.165) is 13.0 Å². The molecule has 1 aromatic rings. The van der Waals surface area contributed by atoms with E-state index in [-0.39, 0.29) is 0 Å². The molecule has 6 heteroatoms. The number of carbonyl (C=O) groups is 1. The average Bonchev–Trinajstić information content (AvgIpc) is 2.39. The summed E-state index contributed by atoms with van der Waals surface area (Å²) in [6, 6.07) is 3.49. The molecule has 2 heterocycles. The van der Waals surface area contributed by atoms with Crippen LogP contribution in [0.4, 0.5) is 5.95 Å². The molecule has 1 aromatic heterocycles. The van der Waals surface area contributed by atoms with Gasteiger partial charge in [-0.2, -0.15) is 5.26 Å². The van der Waals surface area contributed by atoms with Crippen molar-refractivity contribution in [3.63, 3.8) is 0 Å². The molecule has 6 nitrogen and oxygen atoms in total. The van der Waals surface area contributed by atoms with Gasteiger partial charge in [0.1, 0.15) is 11.8 Å². The van der Waals surface area contributed by atoms with Crippen LogP contribution in [0, 0.1) is 16.7 Å². The molecule has 1 atom stereocenters. The lowest BCUT2D eigenvalue weighted by Gasteiger charge is -2.37. The lowest BCUT2D eigenvalue weighted by atomic mass is 9.82. The summed E-state index contributed by atoms with van der Waals surface area (Å²) in [4.78, 5) is 21.3. The highest BCUT2D eigenvalue weighted by Gasteiger charge is 2.38. The Kier molecular flexibility index (Phi) is 3.15. The fourth-order valence-electron chi connectivity index (χ4n) is 2.15. The average molecular weight is 246 g/mol. The SMILES string of the molecule is CC1(C(=O)O)CCCN(c2nccc(C#N)n2)C1. The number of carboxylic acid groups (broad SMARTS) is 1. The van der Waals surface area contributed by atoms with Crippen molar-refractivity contribution >= 4 is 11.9 Å². The van der Waals surface area contributed by atoms with Crippen LogP contribution in [0.25, 0.3) is 0 Å². The third-order valence-electron chi connectivity index (χ3n) is 3.25. The predicted molar refractivity (Wildman–Crippen MR) is 63.9 cm³/mol. The minimum absolute atomic E-state index is 0.294. The normalized spacial score (nSPS) is 23.4. The Morgan fingerprint density at radius 2 is 2.44 bits per heavy atom. The Labute approximate surface area is 105 Å². The summed E-state index contributed by atoms with van der Waals surface area (Å²) in [5.41, 5.74) is -0.479. The second-order valence-electron chi connectivity index (χ2n) is 4.74. The van der Waals surface area contributed by atoms with E-state index in [1.807, 2.05) is 11.0 Å². The van der Waals surface area contributed by atoms with Crippen molar-refractivity contribution in [3.05, 3.63) is 18.0 Å². The van der Waals surface area contributed by atoms with Gasteiger partial charge < -0.3 is 10.0 Å². The first kappa shape index (κ1) is 12.3. The Balaban J connectivity index is 2.23. The highest BCUT2D eigenvalue weighted by Crippen LogP contribution is 2.31. The lowest BCUT2D eigenvalue weighted by molar-refractivity contribution is -0.148. The standard InChI is InChI=1S/C12H14N4O2/c1-12(10(17)18)4-2-6-16(8-12)11-14-5-3-9(7-13)15-11/h3,5H,2,4,6,8H2,1H3,(H,17,18). The number of hydrogen-bond acceptors (Lipinski definition) is 5. The van der Waals surface area contributed by atoms with Crippen molar-refractivity contribution in [3.8, 4) is 6.07 Å². The van der Waals surface area contributed by atoms with Crippen LogP contribution in [0.3, 0.4) is 0 Å². The van der Waals surface area contributed by atoms with Gasteiger partial charge in [-0.25, -0.2) is 9.97 Å². The number of aliphatic carboxylic acids is 1. The molecule has 1 fully saturated rings. The fourth-order valence-corrected chi connectivity index (χ4v) is 2.15. The van der Waals surface area contributed by atoms with Gasteiger partial charge in [0.25, 0.3) is 0 Å². The number of nitrogens with zero attached hydrogens (tertiary/aromatic N) is 4. The molecular formula is C12H14N4O2. The fraction of sp³-hybridized carbons (Fsp3) is 0.500. The van der Waals surface area contributed by atoms with E-state index in [4.69, 9.17) is 5.26 Å². The monoisotopic (exact) mass is 246 g/mol. The predicted octanol–water partition coefficient (Wildman–Crippen LogP) is 1.04. The zero-order valence-electron chi connectivity index (χ0n) is 10.1. The number of nitriles is 1. The summed E-state index contributed by atoms with van der Waals surface area (Å²) >= 11 is 0. The van der Waals surface area contributed by atoms with Crippen LogP contribution in [-0.4, -0.2) is 34.1 Å². The van der Waals surface area contributed by atoms with Gasteiger partial charge in [0.15, 0.2) is 0 Å². The molecule has 1 N–H and O–H groups in total. The molecule has 1 unspecified atom stereocenters. The number of rotatable bonds is 2. The van der Waals surface area contributed by atoms with Crippen molar-refractivity contribution in [2.45, 2.75) is 19.8 Å². The summed E-state index contributed by atoms with van der Waals surface area (Å²) in [6.45, 7) is 2.82. The minimum atomic E-state index is -0.802. The Bertz CT molecular complexity index is 511. The first-order valence-electron chi connectivity index (χ1n) is 5.77. The smallest absolute Gasteiger partial charge is 0.311 e. The van der Waals surface area contributed by atoms with Gasteiger partial charge in [-0.1, -0.05) is 0 Å². The number of hydrogen-bond donors (Lipinski definition) is 1. The van der Waals surface area contributed by atoms with E-state index in [1.54, 1.807) is 6.92 Å². The van der Waals surface area contributed by atoms with Gasteiger partial charge in [0, 0.05) is 19.3 Å². The van der Waals surface area contributed by atoms with Gasteiger partial charge in [0.2, 0.25) is 5.95 Å². The van der Waals surface area contributed by atoms with Crippen LogP contribution in [0.15, 0.2) is 12.3 Å². The van der Waals surface area contributed by atoms with E-state index in [2.05, 4.69) is 9.97 Å². The van der Waals surface area contributed by atoms with Crippen LogP contribution < -0.4 is 4.90 Å². The second kappa shape index (κ2) is 4.61. The summed E-state index contributed by atoms with van der Waals surface area (Å²) in [7, 11) is 0. The topological polar surface area (TPSA) is 90.1 Å². The largest absolute Gasteiger partial charge is 0.481 e. The number of aromatic nitrogens is 2. The van der Waals surface area contributed by atoms with Crippen LogP contribution in [0.5, 0.6) is 0 Å². The molecule has 0 amide bonds. The van der Waals surface area contributed by atoms with Gasteiger partial charge in [-0.15, -0.1) is 0 Å².